The van der Waals surface area contributed by atoms with Gasteiger partial charge in [0, 0.05) is 32.4 Å². The second-order valence-corrected chi connectivity index (χ2v) is 3.77. The van der Waals surface area contributed by atoms with Crippen LogP contribution < -0.4 is 17.0 Å². The molecule has 0 aromatic heterocycles. The van der Waals surface area contributed by atoms with Gasteiger partial charge in [0.05, 0.1) is 0 Å². The zero-order valence-electron chi connectivity index (χ0n) is 9.37. The van der Waals surface area contributed by atoms with E-state index in [4.69, 9.17) is 10.1 Å². The highest BCUT2D eigenvalue weighted by Gasteiger charge is 2.22. The van der Waals surface area contributed by atoms with Gasteiger partial charge in [-0.3, -0.25) is 5.41 Å². The van der Waals surface area contributed by atoms with Crippen molar-refractivity contribution in [2.24, 2.45) is 0 Å². The summed E-state index contributed by atoms with van der Waals surface area (Å²) >= 11 is 0. The second-order valence-electron chi connectivity index (χ2n) is 3.77. The predicted octanol–water partition coefficient (Wildman–Crippen LogP) is -1.13. The minimum Gasteiger partial charge on any atom is -1.00 e. The van der Waals surface area contributed by atoms with Gasteiger partial charge in [-0.25, -0.2) is 0 Å². The molecule has 1 aromatic rings. The van der Waals surface area contributed by atoms with E-state index in [1.54, 1.807) is 7.11 Å². The van der Waals surface area contributed by atoms with Crippen molar-refractivity contribution in [2.75, 3.05) is 20.3 Å². The Morgan fingerprint density at radius 3 is 2.81 bits per heavy atom. The molecule has 0 saturated carbocycles. The summed E-state index contributed by atoms with van der Waals surface area (Å²) in [5, 5.41) is 8.01. The van der Waals surface area contributed by atoms with Crippen LogP contribution in [0.3, 0.4) is 0 Å². The molecule has 1 aliphatic rings. The van der Waals surface area contributed by atoms with Crippen LogP contribution in [-0.2, 0) is 11.3 Å². The fourth-order valence-electron chi connectivity index (χ4n) is 1.93. The summed E-state index contributed by atoms with van der Waals surface area (Å²) in [6.45, 7) is 2.54. The number of methoxy groups -OCH3 is 1. The van der Waals surface area contributed by atoms with Crippen molar-refractivity contribution < 1.29 is 21.7 Å². The molecule has 0 unspecified atom stereocenters. The number of halogens is 1. The highest BCUT2D eigenvalue weighted by molar-refractivity contribution is 6.00. The third-order valence-corrected chi connectivity index (χ3v) is 2.73. The summed E-state index contributed by atoms with van der Waals surface area (Å²) in [5.74, 6) is 0.654. The van der Waals surface area contributed by atoms with Crippen LogP contribution in [0.5, 0.6) is 0 Å². The van der Waals surface area contributed by atoms with E-state index in [-0.39, 0.29) is 17.0 Å². The summed E-state index contributed by atoms with van der Waals surface area (Å²) in [7, 11) is 1.71. The van der Waals surface area contributed by atoms with Gasteiger partial charge < -0.3 is 26.6 Å². The molecule has 0 radical (unpaired) electrons. The lowest BCUT2D eigenvalue weighted by atomic mass is 10.1. The zero-order chi connectivity index (χ0) is 10.7. The molecule has 16 heavy (non-hydrogen) atoms. The minimum absolute atomic E-state index is 0. The molecule has 0 amide bonds. The molecule has 1 aromatic carbocycles. The van der Waals surface area contributed by atoms with E-state index in [0.717, 1.165) is 31.7 Å². The van der Waals surface area contributed by atoms with Crippen LogP contribution in [0.2, 0.25) is 0 Å². The Morgan fingerprint density at radius 2 is 2.12 bits per heavy atom. The average molecular weight is 284 g/mol. The number of nitrogens with one attached hydrogen (secondary N) is 1. The summed E-state index contributed by atoms with van der Waals surface area (Å²) in [4.78, 5) is 2.10. The Labute approximate surface area is 107 Å². The van der Waals surface area contributed by atoms with E-state index in [1.165, 1.54) is 5.56 Å². The molecule has 4 heteroatoms. The number of fused-ring (bicyclic) bond motifs is 1. The van der Waals surface area contributed by atoms with Crippen molar-refractivity contribution in [1.29, 1.82) is 5.41 Å². The molecule has 3 nitrogen and oxygen atoms in total. The first-order valence-corrected chi connectivity index (χ1v) is 5.23. The lowest BCUT2D eigenvalue weighted by Crippen LogP contribution is -3.00. The minimum atomic E-state index is 0. The molecule has 0 aliphatic carbocycles. The van der Waals surface area contributed by atoms with Crippen LogP contribution in [0.4, 0.5) is 0 Å². The first-order valence-electron chi connectivity index (χ1n) is 5.23. The first-order chi connectivity index (χ1) is 7.33. The summed E-state index contributed by atoms with van der Waals surface area (Å²) in [6, 6.07) is 8.14. The van der Waals surface area contributed by atoms with Gasteiger partial charge in [0.1, 0.15) is 5.84 Å². The smallest absolute Gasteiger partial charge is 0.128 e. The Balaban J connectivity index is 0.00000128. The van der Waals surface area contributed by atoms with Gasteiger partial charge in [0.15, 0.2) is 0 Å². The van der Waals surface area contributed by atoms with E-state index in [2.05, 4.69) is 11.0 Å². The van der Waals surface area contributed by atoms with E-state index >= 15 is 0 Å². The molecule has 0 spiro atoms. The summed E-state index contributed by atoms with van der Waals surface area (Å²) < 4.78 is 5.02. The van der Waals surface area contributed by atoms with Crippen molar-refractivity contribution in [2.45, 2.75) is 13.0 Å². The van der Waals surface area contributed by atoms with Crippen LogP contribution in [0.15, 0.2) is 24.3 Å². The van der Waals surface area contributed by atoms with Gasteiger partial charge in [-0.15, -0.1) is 0 Å². The van der Waals surface area contributed by atoms with Crippen LogP contribution in [0, 0.1) is 5.41 Å². The SMILES string of the molecule is COCCCN1Cc2ccccc2C1=N.[Br-]. The number of rotatable bonds is 4. The summed E-state index contributed by atoms with van der Waals surface area (Å²) in [6.07, 6.45) is 0.979. The van der Waals surface area contributed by atoms with Gasteiger partial charge >= 0.3 is 0 Å². The fraction of sp³-hybridized carbons (Fsp3) is 0.417. The highest BCUT2D eigenvalue weighted by Crippen LogP contribution is 2.21. The number of nitrogens with zero attached hydrogens (tertiary/aromatic N) is 1. The quantitative estimate of drug-likeness (QED) is 0.710. The third kappa shape index (κ3) is 2.62. The highest BCUT2D eigenvalue weighted by atomic mass is 79.9. The molecule has 0 saturated heterocycles. The van der Waals surface area contributed by atoms with Gasteiger partial charge in [0.2, 0.25) is 0 Å². The Hall–Kier alpha value is -0.870. The monoisotopic (exact) mass is 283 g/mol. The number of hydrogen-bond acceptors (Lipinski definition) is 2. The standard InChI is InChI=1S/C12H16N2O.BrH/c1-15-8-4-7-14-9-10-5-2-3-6-11(10)12(14)13;/h2-3,5-6,13H,4,7-9H2,1H3;1H/p-1. The number of benzene rings is 1. The van der Waals surface area contributed by atoms with Crippen molar-refractivity contribution in [1.82, 2.24) is 4.90 Å². The second kappa shape index (κ2) is 6.01. The maximum atomic E-state index is 8.01. The summed E-state index contributed by atoms with van der Waals surface area (Å²) in [5.41, 5.74) is 2.34. The maximum Gasteiger partial charge on any atom is 0.128 e. The van der Waals surface area contributed by atoms with E-state index in [9.17, 15) is 0 Å². The average Bonchev–Trinajstić information content (AvgIpc) is 2.57. The molecule has 0 fully saturated rings. The molecule has 0 bridgehead atoms. The predicted molar refractivity (Wildman–Crippen MR) is 60.2 cm³/mol. The zero-order valence-corrected chi connectivity index (χ0v) is 11.0. The van der Waals surface area contributed by atoms with Crippen molar-refractivity contribution in [3.63, 3.8) is 0 Å². The topological polar surface area (TPSA) is 36.3 Å². The molecular formula is C12H16BrN2O-. The molecule has 0 atom stereocenters. The lowest BCUT2D eigenvalue weighted by molar-refractivity contribution is -0.00000374. The van der Waals surface area contributed by atoms with Crippen LogP contribution >= 0.6 is 0 Å². The van der Waals surface area contributed by atoms with Crippen LogP contribution in [-0.4, -0.2) is 31.0 Å². The Bertz CT molecular complexity index is 368. The van der Waals surface area contributed by atoms with Gasteiger partial charge in [0.25, 0.3) is 0 Å². The molecule has 1 aliphatic heterocycles. The molecule has 1 heterocycles. The maximum absolute atomic E-state index is 8.01. The van der Waals surface area contributed by atoms with Gasteiger partial charge in [-0.2, -0.15) is 0 Å². The first kappa shape index (κ1) is 13.2. The Morgan fingerprint density at radius 1 is 1.38 bits per heavy atom. The number of amidine groups is 1. The van der Waals surface area contributed by atoms with Crippen molar-refractivity contribution in [3.05, 3.63) is 35.4 Å². The van der Waals surface area contributed by atoms with Crippen LogP contribution in [0.25, 0.3) is 0 Å². The lowest BCUT2D eigenvalue weighted by Gasteiger charge is -2.17. The molecular weight excluding hydrogens is 268 g/mol. The van der Waals surface area contributed by atoms with Gasteiger partial charge in [-0.1, -0.05) is 24.3 Å². The van der Waals surface area contributed by atoms with E-state index < -0.39 is 0 Å². The molecule has 1 N–H and O–H groups in total. The Kier molecular flexibility index (Phi) is 4.96. The van der Waals surface area contributed by atoms with Crippen molar-refractivity contribution in [3.8, 4) is 0 Å². The number of ether oxygens (including phenoxy) is 1. The largest absolute Gasteiger partial charge is 1.00 e. The van der Waals surface area contributed by atoms with Crippen LogP contribution in [0.1, 0.15) is 17.5 Å². The fourth-order valence-corrected chi connectivity index (χ4v) is 1.93. The molecule has 2 rings (SSSR count). The van der Waals surface area contributed by atoms with E-state index in [0.29, 0.717) is 5.84 Å². The van der Waals surface area contributed by atoms with E-state index in [1.807, 2.05) is 18.2 Å². The van der Waals surface area contributed by atoms with Crippen molar-refractivity contribution >= 4 is 5.84 Å². The van der Waals surface area contributed by atoms with Gasteiger partial charge in [-0.05, 0) is 12.0 Å². The normalized spacial score (nSPS) is 13.6. The number of hydrogen-bond donors (Lipinski definition) is 1. The third-order valence-electron chi connectivity index (χ3n) is 2.73. The molecule has 88 valence electrons.